The molecule has 0 heterocycles. The quantitative estimate of drug-likeness (QED) is 0.229. The van der Waals surface area contributed by atoms with Gasteiger partial charge >= 0.3 is 17.2 Å². The van der Waals surface area contributed by atoms with Crippen molar-refractivity contribution in [3.05, 3.63) is 0 Å². The van der Waals surface area contributed by atoms with Crippen LogP contribution in [0.25, 0.3) is 0 Å². The minimum atomic E-state index is -2.62. The lowest BCUT2D eigenvalue weighted by Crippen LogP contribution is -1.54. The molecule has 8 N–H and O–H groups in total. The maximum Gasteiger partial charge on any atom is 0.324 e. The molecular weight excluding hydrogens is 174 g/mol. The Morgan fingerprint density at radius 2 is 0.556 bits per heavy atom. The van der Waals surface area contributed by atoms with Gasteiger partial charge in [-0.15, -0.1) is 0 Å². The standard InChI is InChI=1S/2H3O3P.H2O/c2*1-4(2)3;/h2*1-3H;1H2. The van der Waals surface area contributed by atoms with E-state index in [-0.39, 0.29) is 5.48 Å². The first-order chi connectivity index (χ1) is 3.46. The van der Waals surface area contributed by atoms with Crippen LogP contribution in [-0.4, -0.2) is 34.8 Å². The van der Waals surface area contributed by atoms with Crippen molar-refractivity contribution in [1.82, 2.24) is 0 Å². The van der Waals surface area contributed by atoms with E-state index in [1.54, 1.807) is 0 Å². The minimum Gasteiger partial charge on any atom is -0.412 e. The molecule has 0 rings (SSSR count). The van der Waals surface area contributed by atoms with Gasteiger partial charge in [-0.05, 0) is 0 Å². The summed E-state index contributed by atoms with van der Waals surface area (Å²) in [6.45, 7) is 0. The van der Waals surface area contributed by atoms with Gasteiger partial charge in [-0.25, -0.2) is 0 Å². The molecule has 9 heteroatoms. The molecule has 0 radical (unpaired) electrons. The highest BCUT2D eigenvalue weighted by Crippen LogP contribution is 2.12. The molecule has 0 amide bonds. The lowest BCUT2D eigenvalue weighted by Gasteiger charge is -1.76. The summed E-state index contributed by atoms with van der Waals surface area (Å²) in [4.78, 5) is 43.4. The Labute approximate surface area is 53.1 Å². The zero-order valence-corrected chi connectivity index (χ0v) is 5.87. The first-order valence-electron chi connectivity index (χ1n) is 1.20. The summed E-state index contributed by atoms with van der Waals surface area (Å²) in [7, 11) is -5.24. The SMILES string of the molecule is O.OP(O)O.OP(O)O. The van der Waals surface area contributed by atoms with Crippen molar-refractivity contribution in [1.29, 1.82) is 0 Å². The summed E-state index contributed by atoms with van der Waals surface area (Å²) in [5, 5.41) is 0. The molecule has 0 aliphatic carbocycles. The second-order valence-corrected chi connectivity index (χ2v) is 1.61. The van der Waals surface area contributed by atoms with Crippen LogP contribution in [0.1, 0.15) is 0 Å². The largest absolute Gasteiger partial charge is 0.412 e. The third-order valence-electron chi connectivity index (χ3n) is 0. The molecule has 7 nitrogen and oxygen atoms in total. The van der Waals surface area contributed by atoms with E-state index in [0.29, 0.717) is 0 Å². The second-order valence-electron chi connectivity index (χ2n) is 0.537. The van der Waals surface area contributed by atoms with Crippen LogP contribution in [0.2, 0.25) is 0 Å². The summed E-state index contributed by atoms with van der Waals surface area (Å²) in [5.41, 5.74) is 0. The van der Waals surface area contributed by atoms with Gasteiger partial charge in [0, 0.05) is 0 Å². The summed E-state index contributed by atoms with van der Waals surface area (Å²) in [6.07, 6.45) is 0. The molecule has 0 aromatic heterocycles. The zero-order chi connectivity index (χ0) is 7.15. The van der Waals surface area contributed by atoms with Crippen LogP contribution in [0.5, 0.6) is 0 Å². The van der Waals surface area contributed by atoms with Gasteiger partial charge in [0.2, 0.25) is 0 Å². The fourth-order valence-electron chi connectivity index (χ4n) is 0. The van der Waals surface area contributed by atoms with E-state index in [1.807, 2.05) is 0 Å². The van der Waals surface area contributed by atoms with Crippen molar-refractivity contribution in [2.45, 2.75) is 0 Å². The van der Waals surface area contributed by atoms with Crippen molar-refractivity contribution >= 4 is 17.2 Å². The van der Waals surface area contributed by atoms with Gasteiger partial charge in [-0.3, -0.25) is 0 Å². The predicted molar refractivity (Wildman–Crippen MR) is 30.8 cm³/mol. The summed E-state index contributed by atoms with van der Waals surface area (Å²) in [5.74, 6) is 0. The highest BCUT2D eigenvalue weighted by atomic mass is 31.2. The Morgan fingerprint density at radius 3 is 0.556 bits per heavy atom. The van der Waals surface area contributed by atoms with Crippen LogP contribution in [0, 0.1) is 0 Å². The van der Waals surface area contributed by atoms with E-state index in [1.165, 1.54) is 0 Å². The average molecular weight is 182 g/mol. The van der Waals surface area contributed by atoms with Crippen LogP contribution in [0.15, 0.2) is 0 Å². The molecule has 0 aromatic carbocycles. The molecule has 0 saturated carbocycles. The second kappa shape index (κ2) is 11.4. The lowest BCUT2D eigenvalue weighted by atomic mass is 15.8. The number of hydrogen-bond donors (Lipinski definition) is 6. The number of hydrogen-bond acceptors (Lipinski definition) is 6. The van der Waals surface area contributed by atoms with Gasteiger partial charge in [-0.1, -0.05) is 0 Å². The highest BCUT2D eigenvalue weighted by Gasteiger charge is 1.76. The van der Waals surface area contributed by atoms with E-state index < -0.39 is 17.2 Å². The highest BCUT2D eigenvalue weighted by molar-refractivity contribution is 7.38. The fourth-order valence-corrected chi connectivity index (χ4v) is 0. The predicted octanol–water partition coefficient (Wildman–Crippen LogP) is -2.44. The Hall–Kier alpha value is 0.580. The van der Waals surface area contributed by atoms with E-state index in [2.05, 4.69) is 0 Å². The molecule has 0 aliphatic rings. The smallest absolute Gasteiger partial charge is 0.324 e. The Kier molecular flexibility index (Phi) is 20.6. The minimum absolute atomic E-state index is 0. The van der Waals surface area contributed by atoms with Crippen LogP contribution in [0.3, 0.4) is 0 Å². The molecule has 0 fully saturated rings. The van der Waals surface area contributed by atoms with Gasteiger partial charge in [-0.2, -0.15) is 0 Å². The van der Waals surface area contributed by atoms with Crippen molar-refractivity contribution in [3.63, 3.8) is 0 Å². The molecular formula is H8O7P2. The molecule has 0 bridgehead atoms. The van der Waals surface area contributed by atoms with Gasteiger partial charge in [0.1, 0.15) is 0 Å². The number of rotatable bonds is 0. The van der Waals surface area contributed by atoms with Crippen LogP contribution >= 0.6 is 17.2 Å². The van der Waals surface area contributed by atoms with Crippen LogP contribution in [0.4, 0.5) is 0 Å². The molecule has 0 unspecified atom stereocenters. The third-order valence-corrected chi connectivity index (χ3v) is 0. The van der Waals surface area contributed by atoms with Gasteiger partial charge in [0.05, 0.1) is 0 Å². The molecule has 0 aliphatic heterocycles. The first-order valence-corrected chi connectivity index (χ1v) is 3.60. The maximum atomic E-state index is 7.23. The van der Waals surface area contributed by atoms with Gasteiger partial charge in [0.15, 0.2) is 0 Å². The van der Waals surface area contributed by atoms with Crippen molar-refractivity contribution < 1.29 is 34.8 Å². The summed E-state index contributed by atoms with van der Waals surface area (Å²) < 4.78 is 0. The van der Waals surface area contributed by atoms with Crippen molar-refractivity contribution in [2.24, 2.45) is 0 Å². The van der Waals surface area contributed by atoms with Gasteiger partial charge in [0.25, 0.3) is 0 Å². The first kappa shape index (κ1) is 16.3. The van der Waals surface area contributed by atoms with E-state index in [4.69, 9.17) is 29.4 Å². The average Bonchev–Trinajstić information content (AvgIpc) is 1.25. The molecule has 60 valence electrons. The lowest BCUT2D eigenvalue weighted by molar-refractivity contribution is 0.366. The summed E-state index contributed by atoms with van der Waals surface area (Å²) in [6, 6.07) is 0. The van der Waals surface area contributed by atoms with Crippen molar-refractivity contribution in [3.8, 4) is 0 Å². The monoisotopic (exact) mass is 182 g/mol. The molecule has 0 aromatic rings. The topological polar surface area (TPSA) is 153 Å². The Bertz CT molecular complexity index is 22.4. The summed E-state index contributed by atoms with van der Waals surface area (Å²) >= 11 is 0. The van der Waals surface area contributed by atoms with Gasteiger partial charge < -0.3 is 34.8 Å². The van der Waals surface area contributed by atoms with Crippen LogP contribution in [-0.2, 0) is 0 Å². The molecule has 0 atom stereocenters. The third kappa shape index (κ3) is 1100. The molecule has 0 spiro atoms. The normalized spacial score (nSPS) is 8.00. The van der Waals surface area contributed by atoms with E-state index in [9.17, 15) is 0 Å². The van der Waals surface area contributed by atoms with E-state index >= 15 is 0 Å². The van der Waals surface area contributed by atoms with Crippen LogP contribution < -0.4 is 0 Å². The molecule has 9 heavy (non-hydrogen) atoms. The van der Waals surface area contributed by atoms with Crippen molar-refractivity contribution in [2.75, 3.05) is 0 Å². The maximum absolute atomic E-state index is 7.23. The Balaban J connectivity index is -0.0000000720. The fraction of sp³-hybridized carbons (Fsp3) is 0. The molecule has 0 saturated heterocycles. The van der Waals surface area contributed by atoms with E-state index in [0.717, 1.165) is 0 Å². The zero-order valence-electron chi connectivity index (χ0n) is 4.08. The Morgan fingerprint density at radius 1 is 0.556 bits per heavy atom.